The van der Waals surface area contributed by atoms with E-state index in [-0.39, 0.29) is 11.6 Å². The second-order valence-corrected chi connectivity index (χ2v) is 5.91. The van der Waals surface area contributed by atoms with E-state index >= 15 is 0 Å². The first kappa shape index (κ1) is 13.7. The number of halogens is 2. The van der Waals surface area contributed by atoms with Gasteiger partial charge < -0.3 is 0 Å². The van der Waals surface area contributed by atoms with Gasteiger partial charge in [0.15, 0.2) is 0 Å². The lowest BCUT2D eigenvalue weighted by Gasteiger charge is -2.08. The Hall–Kier alpha value is -0.700. The molecule has 1 fully saturated rings. The molecule has 1 aromatic rings. The van der Waals surface area contributed by atoms with E-state index in [2.05, 4.69) is 15.9 Å². The Morgan fingerprint density at radius 3 is 2.78 bits per heavy atom. The minimum Gasteiger partial charge on any atom is -0.299 e. The van der Waals surface area contributed by atoms with Crippen LogP contribution in [0.3, 0.4) is 0 Å². The van der Waals surface area contributed by atoms with E-state index in [1.165, 1.54) is 31.7 Å². The standard InChI is InChI=1S/C15H18BrFO/c16-15-12(6-3-7-14(15)17)10-13(18)9-8-11-4-1-2-5-11/h3,6-7,11H,1-2,4-5,8-10H2. The van der Waals surface area contributed by atoms with Crippen LogP contribution in [-0.4, -0.2) is 5.78 Å². The summed E-state index contributed by atoms with van der Waals surface area (Å²) in [5.74, 6) is 0.661. The molecule has 0 spiro atoms. The Labute approximate surface area is 116 Å². The van der Waals surface area contributed by atoms with Crippen molar-refractivity contribution in [2.75, 3.05) is 0 Å². The normalized spacial score (nSPS) is 16.1. The van der Waals surface area contributed by atoms with Crippen LogP contribution in [0.5, 0.6) is 0 Å². The molecule has 18 heavy (non-hydrogen) atoms. The lowest BCUT2D eigenvalue weighted by molar-refractivity contribution is -0.118. The highest BCUT2D eigenvalue weighted by Gasteiger charge is 2.17. The molecule has 0 unspecified atom stereocenters. The minimum atomic E-state index is -0.295. The summed E-state index contributed by atoms with van der Waals surface area (Å²) in [4.78, 5) is 11.9. The molecule has 0 radical (unpaired) electrons. The molecular formula is C15H18BrFO. The van der Waals surface area contributed by atoms with Crippen LogP contribution in [0.4, 0.5) is 4.39 Å². The summed E-state index contributed by atoms with van der Waals surface area (Å²) in [7, 11) is 0. The highest BCUT2D eigenvalue weighted by Crippen LogP contribution is 2.29. The molecule has 0 bridgehead atoms. The van der Waals surface area contributed by atoms with Crippen LogP contribution in [0, 0.1) is 11.7 Å². The lowest BCUT2D eigenvalue weighted by atomic mass is 9.97. The van der Waals surface area contributed by atoms with Gasteiger partial charge in [0.25, 0.3) is 0 Å². The number of hydrogen-bond donors (Lipinski definition) is 0. The van der Waals surface area contributed by atoms with Crippen molar-refractivity contribution in [3.63, 3.8) is 0 Å². The summed E-state index contributed by atoms with van der Waals surface area (Å²) >= 11 is 3.20. The molecule has 98 valence electrons. The lowest BCUT2D eigenvalue weighted by Crippen LogP contribution is -2.06. The predicted molar refractivity (Wildman–Crippen MR) is 74.0 cm³/mol. The van der Waals surface area contributed by atoms with Crippen molar-refractivity contribution < 1.29 is 9.18 Å². The van der Waals surface area contributed by atoms with Crippen LogP contribution < -0.4 is 0 Å². The maximum absolute atomic E-state index is 13.3. The van der Waals surface area contributed by atoms with E-state index in [1.54, 1.807) is 12.1 Å². The van der Waals surface area contributed by atoms with E-state index < -0.39 is 0 Å². The molecule has 1 nitrogen and oxygen atoms in total. The molecule has 0 amide bonds. The van der Waals surface area contributed by atoms with Gasteiger partial charge in [0.2, 0.25) is 0 Å². The smallest absolute Gasteiger partial charge is 0.137 e. The van der Waals surface area contributed by atoms with Crippen LogP contribution >= 0.6 is 15.9 Å². The third kappa shape index (κ3) is 3.64. The first-order valence-electron chi connectivity index (χ1n) is 6.61. The topological polar surface area (TPSA) is 17.1 Å². The third-order valence-electron chi connectivity index (χ3n) is 3.73. The molecule has 3 heteroatoms. The molecule has 0 saturated heterocycles. The summed E-state index contributed by atoms with van der Waals surface area (Å²) in [5.41, 5.74) is 0.756. The van der Waals surface area contributed by atoms with Gasteiger partial charge in [-0.3, -0.25) is 4.79 Å². The van der Waals surface area contributed by atoms with Crippen molar-refractivity contribution in [3.05, 3.63) is 34.1 Å². The largest absolute Gasteiger partial charge is 0.299 e. The molecule has 2 rings (SSSR count). The first-order chi connectivity index (χ1) is 8.66. The van der Waals surface area contributed by atoms with Crippen LogP contribution in [0.1, 0.15) is 44.1 Å². The van der Waals surface area contributed by atoms with Crippen LogP contribution in [0.2, 0.25) is 0 Å². The van der Waals surface area contributed by atoms with Crippen LogP contribution in [-0.2, 0) is 11.2 Å². The number of carbonyl (C=O) groups excluding carboxylic acids is 1. The van der Waals surface area contributed by atoms with Gasteiger partial charge in [0.1, 0.15) is 11.6 Å². The van der Waals surface area contributed by atoms with Crippen molar-refractivity contribution in [2.24, 2.45) is 5.92 Å². The average molecular weight is 313 g/mol. The molecule has 0 aliphatic heterocycles. The van der Waals surface area contributed by atoms with E-state index in [0.717, 1.165) is 17.9 Å². The Morgan fingerprint density at radius 2 is 2.06 bits per heavy atom. The first-order valence-corrected chi connectivity index (χ1v) is 7.40. The molecule has 0 heterocycles. The Morgan fingerprint density at radius 1 is 1.33 bits per heavy atom. The quantitative estimate of drug-likeness (QED) is 0.772. The number of Topliss-reactive ketones (excluding diaryl/α,β-unsaturated/α-hetero) is 1. The van der Waals surface area contributed by atoms with Crippen LogP contribution in [0.15, 0.2) is 22.7 Å². The molecule has 0 atom stereocenters. The van der Waals surface area contributed by atoms with Crippen molar-refractivity contribution in [3.8, 4) is 0 Å². The summed E-state index contributed by atoms with van der Waals surface area (Å²) in [6.45, 7) is 0. The van der Waals surface area contributed by atoms with Gasteiger partial charge in [-0.25, -0.2) is 4.39 Å². The van der Waals surface area contributed by atoms with Crippen molar-refractivity contribution in [1.29, 1.82) is 0 Å². The summed E-state index contributed by atoms with van der Waals surface area (Å²) in [6, 6.07) is 4.86. The Balaban J connectivity index is 1.84. The molecule has 1 saturated carbocycles. The fraction of sp³-hybridized carbons (Fsp3) is 0.533. The van der Waals surface area contributed by atoms with E-state index in [4.69, 9.17) is 0 Å². The predicted octanol–water partition coefficient (Wildman–Crippen LogP) is 4.67. The maximum Gasteiger partial charge on any atom is 0.137 e. The molecule has 0 aromatic heterocycles. The number of hydrogen-bond acceptors (Lipinski definition) is 1. The van der Waals surface area contributed by atoms with Crippen molar-refractivity contribution in [2.45, 2.75) is 44.9 Å². The molecule has 1 aromatic carbocycles. The Bertz CT molecular complexity index is 425. The van der Waals surface area contributed by atoms with Gasteiger partial charge in [0, 0.05) is 12.8 Å². The average Bonchev–Trinajstić information content (AvgIpc) is 2.86. The maximum atomic E-state index is 13.3. The summed E-state index contributed by atoms with van der Waals surface area (Å²) in [6.07, 6.45) is 7.15. The highest BCUT2D eigenvalue weighted by atomic mass is 79.9. The zero-order valence-corrected chi connectivity index (χ0v) is 12.0. The van der Waals surface area contributed by atoms with Gasteiger partial charge in [0.05, 0.1) is 4.47 Å². The molecular weight excluding hydrogens is 295 g/mol. The number of ketones is 1. The van der Waals surface area contributed by atoms with E-state index in [9.17, 15) is 9.18 Å². The number of benzene rings is 1. The highest BCUT2D eigenvalue weighted by molar-refractivity contribution is 9.10. The van der Waals surface area contributed by atoms with Gasteiger partial charge in [-0.15, -0.1) is 0 Å². The fourth-order valence-electron chi connectivity index (χ4n) is 2.65. The van der Waals surface area contributed by atoms with Gasteiger partial charge in [-0.1, -0.05) is 37.8 Å². The summed E-state index contributed by atoms with van der Waals surface area (Å²) < 4.78 is 13.7. The SMILES string of the molecule is O=C(CCC1CCCC1)Cc1cccc(F)c1Br. The van der Waals surface area contributed by atoms with Gasteiger partial charge in [-0.05, 0) is 39.9 Å². The van der Waals surface area contributed by atoms with Gasteiger partial charge in [-0.2, -0.15) is 0 Å². The third-order valence-corrected chi connectivity index (χ3v) is 4.61. The summed E-state index contributed by atoms with van der Waals surface area (Å²) in [5, 5.41) is 0. The minimum absolute atomic E-state index is 0.216. The van der Waals surface area contributed by atoms with Crippen LogP contribution in [0.25, 0.3) is 0 Å². The number of rotatable bonds is 5. The fourth-order valence-corrected chi connectivity index (χ4v) is 3.05. The van der Waals surface area contributed by atoms with Gasteiger partial charge >= 0.3 is 0 Å². The zero-order chi connectivity index (χ0) is 13.0. The molecule has 0 N–H and O–H groups in total. The Kier molecular flexibility index (Phi) is 4.93. The van der Waals surface area contributed by atoms with Crippen molar-refractivity contribution in [1.82, 2.24) is 0 Å². The van der Waals surface area contributed by atoms with E-state index in [1.807, 2.05) is 0 Å². The van der Waals surface area contributed by atoms with E-state index in [0.29, 0.717) is 17.3 Å². The second kappa shape index (κ2) is 6.46. The molecule has 1 aliphatic rings. The van der Waals surface area contributed by atoms with Crippen molar-refractivity contribution >= 4 is 21.7 Å². The second-order valence-electron chi connectivity index (χ2n) is 5.12. The molecule has 1 aliphatic carbocycles. The zero-order valence-electron chi connectivity index (χ0n) is 10.4. The number of carbonyl (C=O) groups is 1. The monoisotopic (exact) mass is 312 g/mol.